The van der Waals surface area contributed by atoms with Gasteiger partial charge in [0.2, 0.25) is 0 Å². The molecule has 1 aromatic carbocycles. The quantitative estimate of drug-likeness (QED) is 0.769. The molecule has 3 aromatic rings. The Morgan fingerprint density at radius 3 is 2.74 bits per heavy atom. The lowest BCUT2D eigenvalue weighted by Gasteiger charge is -2.21. The number of aromatic nitrogens is 3. The molecule has 0 aliphatic carbocycles. The molecule has 3 rings (SSSR count). The highest BCUT2D eigenvalue weighted by atomic mass is 32.1. The Balaban J connectivity index is 1.73. The summed E-state index contributed by atoms with van der Waals surface area (Å²) in [5.41, 5.74) is 0.886. The van der Waals surface area contributed by atoms with Crippen LogP contribution in [-0.2, 0) is 7.05 Å². The normalized spacial score (nSPS) is 12.5. The Bertz CT molecular complexity index is 790. The second-order valence-electron chi connectivity index (χ2n) is 5.70. The van der Waals surface area contributed by atoms with E-state index in [-0.39, 0.29) is 18.0 Å². The van der Waals surface area contributed by atoms with Gasteiger partial charge in [-0.25, -0.2) is 14.8 Å². The molecular weight excluding hydrogens is 310 g/mol. The lowest BCUT2D eigenvalue weighted by molar-refractivity contribution is 0.243. The van der Waals surface area contributed by atoms with E-state index in [1.54, 1.807) is 6.20 Å². The molecule has 0 aliphatic heterocycles. The maximum atomic E-state index is 12.3. The largest absolute Gasteiger partial charge is 0.336 e. The van der Waals surface area contributed by atoms with E-state index < -0.39 is 0 Å². The summed E-state index contributed by atoms with van der Waals surface area (Å²) in [7, 11) is 1.92. The SMILES string of the molecule is CC(C)[C@H](NC(=O)Nc1nc2ccccc2s1)c1nccn1C. The van der Waals surface area contributed by atoms with Gasteiger partial charge < -0.3 is 9.88 Å². The number of thiazole rings is 1. The molecule has 0 fully saturated rings. The van der Waals surface area contributed by atoms with Crippen molar-refractivity contribution in [1.82, 2.24) is 19.9 Å². The van der Waals surface area contributed by atoms with Crippen LogP contribution in [0.25, 0.3) is 10.2 Å². The zero-order valence-corrected chi connectivity index (χ0v) is 14.1. The summed E-state index contributed by atoms with van der Waals surface area (Å²) in [6, 6.07) is 7.37. The number of anilines is 1. The number of carbonyl (C=O) groups excluding carboxylic acids is 1. The molecule has 120 valence electrons. The van der Waals surface area contributed by atoms with Crippen LogP contribution in [0, 0.1) is 5.92 Å². The first-order valence-electron chi connectivity index (χ1n) is 7.45. The van der Waals surface area contributed by atoms with Gasteiger partial charge in [-0.2, -0.15) is 0 Å². The average molecular weight is 329 g/mol. The van der Waals surface area contributed by atoms with Crippen LogP contribution < -0.4 is 10.6 Å². The van der Waals surface area contributed by atoms with Crippen molar-refractivity contribution in [3.8, 4) is 0 Å². The molecule has 7 heteroatoms. The Morgan fingerprint density at radius 2 is 2.09 bits per heavy atom. The number of hydrogen-bond donors (Lipinski definition) is 2. The van der Waals surface area contributed by atoms with E-state index in [2.05, 4.69) is 34.4 Å². The molecule has 0 radical (unpaired) electrons. The number of hydrogen-bond acceptors (Lipinski definition) is 4. The van der Waals surface area contributed by atoms with Gasteiger partial charge in [0.1, 0.15) is 5.82 Å². The summed E-state index contributed by atoms with van der Waals surface area (Å²) >= 11 is 1.46. The van der Waals surface area contributed by atoms with Crippen LogP contribution in [0.4, 0.5) is 9.93 Å². The molecule has 0 bridgehead atoms. The molecule has 0 saturated heterocycles. The molecule has 1 atom stereocenters. The van der Waals surface area contributed by atoms with E-state index in [0.29, 0.717) is 5.13 Å². The Labute approximate surface area is 138 Å². The van der Waals surface area contributed by atoms with Crippen molar-refractivity contribution < 1.29 is 4.79 Å². The summed E-state index contributed by atoms with van der Waals surface area (Å²) in [5.74, 6) is 1.05. The van der Waals surface area contributed by atoms with Crippen molar-refractivity contribution >= 4 is 32.7 Å². The topological polar surface area (TPSA) is 71.8 Å². The molecule has 2 N–H and O–H groups in total. The van der Waals surface area contributed by atoms with Crippen molar-refractivity contribution in [1.29, 1.82) is 0 Å². The second kappa shape index (κ2) is 6.37. The lowest BCUT2D eigenvalue weighted by Crippen LogP contribution is -2.36. The first-order valence-corrected chi connectivity index (χ1v) is 8.26. The number of fused-ring (bicyclic) bond motifs is 1. The third-order valence-electron chi connectivity index (χ3n) is 3.60. The Morgan fingerprint density at radius 1 is 1.30 bits per heavy atom. The molecule has 0 unspecified atom stereocenters. The van der Waals surface area contributed by atoms with Crippen molar-refractivity contribution in [2.24, 2.45) is 13.0 Å². The number of nitrogens with one attached hydrogen (secondary N) is 2. The number of urea groups is 1. The molecular formula is C16H19N5OS. The fraction of sp³-hybridized carbons (Fsp3) is 0.312. The number of para-hydroxylation sites is 1. The standard InChI is InChI=1S/C16H19N5OS/c1-10(2)13(14-17-8-9-21(14)3)19-15(22)20-16-18-11-6-4-5-7-12(11)23-16/h4-10,13H,1-3H3,(H2,18,19,20,22)/t13-/m0/s1. The molecule has 23 heavy (non-hydrogen) atoms. The fourth-order valence-corrected chi connectivity index (χ4v) is 3.27. The molecule has 0 spiro atoms. The van der Waals surface area contributed by atoms with Crippen LogP contribution >= 0.6 is 11.3 Å². The number of carbonyl (C=O) groups is 1. The highest BCUT2D eigenvalue weighted by Gasteiger charge is 2.22. The summed E-state index contributed by atoms with van der Waals surface area (Å²) in [6.07, 6.45) is 3.61. The number of nitrogens with zero attached hydrogens (tertiary/aromatic N) is 3. The Kier molecular flexibility index (Phi) is 4.29. The number of imidazole rings is 1. The zero-order chi connectivity index (χ0) is 16.4. The van der Waals surface area contributed by atoms with E-state index >= 15 is 0 Å². The third-order valence-corrected chi connectivity index (χ3v) is 4.56. The van der Waals surface area contributed by atoms with Crippen molar-refractivity contribution in [3.05, 3.63) is 42.5 Å². The summed E-state index contributed by atoms with van der Waals surface area (Å²) in [6.45, 7) is 4.11. The minimum atomic E-state index is -0.272. The molecule has 2 heterocycles. The van der Waals surface area contributed by atoms with Gasteiger partial charge in [0.25, 0.3) is 0 Å². The van der Waals surface area contributed by atoms with Crippen LogP contribution in [0.5, 0.6) is 0 Å². The van der Waals surface area contributed by atoms with Gasteiger partial charge in [-0.3, -0.25) is 5.32 Å². The molecule has 2 amide bonds. The fourth-order valence-electron chi connectivity index (χ4n) is 2.41. The van der Waals surface area contributed by atoms with Crippen LogP contribution in [0.3, 0.4) is 0 Å². The van der Waals surface area contributed by atoms with Crippen molar-refractivity contribution in [2.75, 3.05) is 5.32 Å². The van der Waals surface area contributed by atoms with Gasteiger partial charge in [-0.05, 0) is 18.1 Å². The first-order chi connectivity index (χ1) is 11.0. The highest BCUT2D eigenvalue weighted by molar-refractivity contribution is 7.22. The van der Waals surface area contributed by atoms with Crippen LogP contribution in [0.2, 0.25) is 0 Å². The van der Waals surface area contributed by atoms with Gasteiger partial charge in [0.05, 0.1) is 16.3 Å². The number of aryl methyl sites for hydroxylation is 1. The van der Waals surface area contributed by atoms with Gasteiger partial charge in [-0.15, -0.1) is 0 Å². The average Bonchev–Trinajstić information content (AvgIpc) is 3.09. The van der Waals surface area contributed by atoms with Gasteiger partial charge >= 0.3 is 6.03 Å². The minimum absolute atomic E-state index is 0.163. The maximum absolute atomic E-state index is 12.3. The monoisotopic (exact) mass is 329 g/mol. The van der Waals surface area contributed by atoms with E-state index in [0.717, 1.165) is 16.0 Å². The number of benzene rings is 1. The van der Waals surface area contributed by atoms with Crippen LogP contribution in [0.1, 0.15) is 25.7 Å². The van der Waals surface area contributed by atoms with E-state index in [9.17, 15) is 4.79 Å². The highest BCUT2D eigenvalue weighted by Crippen LogP contribution is 2.26. The maximum Gasteiger partial charge on any atom is 0.321 e. The molecule has 2 aromatic heterocycles. The predicted octanol–water partition coefficient (Wildman–Crippen LogP) is 3.55. The predicted molar refractivity (Wildman–Crippen MR) is 92.6 cm³/mol. The second-order valence-corrected chi connectivity index (χ2v) is 6.73. The van der Waals surface area contributed by atoms with Crippen LogP contribution in [0.15, 0.2) is 36.7 Å². The van der Waals surface area contributed by atoms with Crippen molar-refractivity contribution in [2.45, 2.75) is 19.9 Å². The van der Waals surface area contributed by atoms with E-state index in [4.69, 9.17) is 0 Å². The van der Waals surface area contributed by atoms with Gasteiger partial charge in [0.15, 0.2) is 5.13 Å². The van der Waals surface area contributed by atoms with Crippen molar-refractivity contribution in [3.63, 3.8) is 0 Å². The smallest absolute Gasteiger partial charge is 0.321 e. The van der Waals surface area contributed by atoms with E-state index in [1.165, 1.54) is 11.3 Å². The zero-order valence-electron chi connectivity index (χ0n) is 13.3. The van der Waals surface area contributed by atoms with Crippen LogP contribution in [-0.4, -0.2) is 20.6 Å². The van der Waals surface area contributed by atoms with Gasteiger partial charge in [0, 0.05) is 19.4 Å². The first kappa shape index (κ1) is 15.5. The van der Waals surface area contributed by atoms with Gasteiger partial charge in [-0.1, -0.05) is 37.3 Å². The molecule has 0 aliphatic rings. The Hall–Kier alpha value is -2.41. The summed E-state index contributed by atoms with van der Waals surface area (Å²) in [4.78, 5) is 21.1. The number of amides is 2. The molecule has 6 nitrogen and oxygen atoms in total. The minimum Gasteiger partial charge on any atom is -0.336 e. The third kappa shape index (κ3) is 3.34. The number of rotatable bonds is 4. The lowest BCUT2D eigenvalue weighted by atomic mass is 10.0. The van der Waals surface area contributed by atoms with E-state index in [1.807, 2.05) is 42.1 Å². The molecule has 0 saturated carbocycles. The summed E-state index contributed by atoms with van der Waals surface area (Å²) in [5, 5.41) is 6.39. The summed E-state index contributed by atoms with van der Waals surface area (Å²) < 4.78 is 2.97.